The molecule has 1 aromatic carbocycles. The van der Waals surface area contributed by atoms with Gasteiger partial charge < -0.3 is 10.2 Å². The fourth-order valence-corrected chi connectivity index (χ4v) is 3.06. The Morgan fingerprint density at radius 2 is 1.88 bits per heavy atom. The minimum atomic E-state index is -0.0177. The average molecular weight is 330 g/mol. The highest BCUT2D eigenvalue weighted by Crippen LogP contribution is 2.15. The summed E-state index contributed by atoms with van der Waals surface area (Å²) in [5.74, 6) is 0.922. The third-order valence-electron chi connectivity index (χ3n) is 4.56. The molecule has 1 saturated heterocycles. The van der Waals surface area contributed by atoms with Crippen molar-refractivity contribution in [2.45, 2.75) is 65.5 Å². The molecule has 1 aromatic rings. The van der Waals surface area contributed by atoms with E-state index in [2.05, 4.69) is 26.1 Å². The van der Waals surface area contributed by atoms with Crippen LogP contribution in [0.3, 0.4) is 0 Å². The molecule has 1 aliphatic heterocycles. The smallest absolute Gasteiger partial charge is 0.251 e. The summed E-state index contributed by atoms with van der Waals surface area (Å²) in [6.07, 6.45) is 4.97. The number of carbonyl (C=O) groups excluding carboxylic acids is 2. The fourth-order valence-electron chi connectivity index (χ4n) is 3.06. The second-order valence-corrected chi connectivity index (χ2v) is 7.32. The fraction of sp³-hybridized carbons (Fsp3) is 0.600. The summed E-state index contributed by atoms with van der Waals surface area (Å²) in [6, 6.07) is 7.80. The largest absolute Gasteiger partial charge is 0.350 e. The van der Waals surface area contributed by atoms with E-state index < -0.39 is 0 Å². The van der Waals surface area contributed by atoms with Crippen LogP contribution in [0.15, 0.2) is 24.3 Å². The number of nitrogens with zero attached hydrogens (tertiary/aromatic N) is 1. The molecule has 0 saturated carbocycles. The number of carbonyl (C=O) groups is 2. The van der Waals surface area contributed by atoms with Crippen molar-refractivity contribution in [3.05, 3.63) is 35.4 Å². The molecule has 0 spiro atoms. The van der Waals surface area contributed by atoms with Crippen LogP contribution < -0.4 is 5.32 Å². The van der Waals surface area contributed by atoms with E-state index in [-0.39, 0.29) is 17.9 Å². The summed E-state index contributed by atoms with van der Waals surface area (Å²) < 4.78 is 0. The highest BCUT2D eigenvalue weighted by molar-refractivity contribution is 5.94. The van der Waals surface area contributed by atoms with Gasteiger partial charge in [0.2, 0.25) is 5.91 Å². The average Bonchev–Trinajstić information content (AvgIpc) is 2.92. The van der Waals surface area contributed by atoms with Gasteiger partial charge in [-0.2, -0.15) is 0 Å². The van der Waals surface area contributed by atoms with E-state index in [4.69, 9.17) is 0 Å². The van der Waals surface area contributed by atoms with Gasteiger partial charge in [-0.05, 0) is 43.4 Å². The maximum atomic E-state index is 12.3. The summed E-state index contributed by atoms with van der Waals surface area (Å²) in [5, 5.41) is 3.07. The summed E-state index contributed by atoms with van der Waals surface area (Å²) in [6.45, 7) is 7.99. The molecule has 4 heteroatoms. The number of likely N-dealkylation sites (tertiary alicyclic amines) is 1. The second-order valence-electron chi connectivity index (χ2n) is 7.32. The quantitative estimate of drug-likeness (QED) is 0.789. The molecule has 132 valence electrons. The van der Waals surface area contributed by atoms with Gasteiger partial charge in [0.05, 0.1) is 0 Å². The zero-order valence-corrected chi connectivity index (χ0v) is 15.2. The van der Waals surface area contributed by atoms with E-state index in [1.165, 1.54) is 6.42 Å². The first kappa shape index (κ1) is 18.5. The van der Waals surface area contributed by atoms with Crippen molar-refractivity contribution < 1.29 is 9.59 Å². The molecule has 0 radical (unpaired) electrons. The van der Waals surface area contributed by atoms with Gasteiger partial charge in [-0.3, -0.25) is 9.59 Å². The van der Waals surface area contributed by atoms with Gasteiger partial charge in [-0.15, -0.1) is 0 Å². The molecule has 0 bridgehead atoms. The molecule has 1 aliphatic rings. The highest BCUT2D eigenvalue weighted by Gasteiger charge is 2.20. The van der Waals surface area contributed by atoms with Gasteiger partial charge >= 0.3 is 0 Å². The van der Waals surface area contributed by atoms with E-state index >= 15 is 0 Å². The number of rotatable bonds is 8. The predicted octanol–water partition coefficient (Wildman–Crippen LogP) is 3.75. The first-order valence-corrected chi connectivity index (χ1v) is 9.13. The molecule has 2 rings (SSSR count). The highest BCUT2D eigenvalue weighted by atomic mass is 16.2. The number of benzene rings is 1. The topological polar surface area (TPSA) is 49.4 Å². The number of amides is 2. The predicted molar refractivity (Wildman–Crippen MR) is 96.7 cm³/mol. The van der Waals surface area contributed by atoms with Crippen LogP contribution in [-0.2, 0) is 11.3 Å². The minimum absolute atomic E-state index is 0.0177. The number of hydrogen-bond acceptors (Lipinski definition) is 2. The van der Waals surface area contributed by atoms with Crippen LogP contribution in [-0.4, -0.2) is 29.3 Å². The molecule has 1 N–H and O–H groups in total. The van der Waals surface area contributed by atoms with Crippen LogP contribution in [0, 0.1) is 5.92 Å². The first-order valence-electron chi connectivity index (χ1n) is 9.13. The Morgan fingerprint density at radius 3 is 2.46 bits per heavy atom. The molecule has 1 fully saturated rings. The lowest BCUT2D eigenvalue weighted by atomic mass is 10.0. The molecular weight excluding hydrogens is 300 g/mol. The Bertz CT molecular complexity index is 551. The van der Waals surface area contributed by atoms with Gasteiger partial charge in [0.15, 0.2) is 0 Å². The van der Waals surface area contributed by atoms with Crippen molar-refractivity contribution in [2.24, 2.45) is 5.92 Å². The zero-order valence-electron chi connectivity index (χ0n) is 15.2. The summed E-state index contributed by atoms with van der Waals surface area (Å²) >= 11 is 0. The minimum Gasteiger partial charge on any atom is -0.350 e. The Kier molecular flexibility index (Phi) is 6.83. The molecular formula is C20H30N2O2. The summed E-state index contributed by atoms with van der Waals surface area (Å²) in [5.41, 5.74) is 1.76. The van der Waals surface area contributed by atoms with Gasteiger partial charge in [0.1, 0.15) is 0 Å². The maximum absolute atomic E-state index is 12.3. The molecule has 1 heterocycles. The van der Waals surface area contributed by atoms with Crippen LogP contribution in [0.1, 0.15) is 68.8 Å². The van der Waals surface area contributed by atoms with Crippen molar-refractivity contribution in [2.75, 3.05) is 6.54 Å². The molecule has 0 aliphatic carbocycles. The van der Waals surface area contributed by atoms with Crippen molar-refractivity contribution in [1.29, 1.82) is 0 Å². The van der Waals surface area contributed by atoms with Gasteiger partial charge in [0, 0.05) is 31.1 Å². The lowest BCUT2D eigenvalue weighted by Gasteiger charge is -2.16. The summed E-state index contributed by atoms with van der Waals surface area (Å²) in [7, 11) is 0. The van der Waals surface area contributed by atoms with Gasteiger partial charge in [-0.1, -0.05) is 38.8 Å². The molecule has 1 atom stereocenters. The SMILES string of the molecule is CC(C)CCCC(C)NC(=O)c1ccc(CN2CCCC2=O)cc1. The van der Waals surface area contributed by atoms with E-state index in [0.29, 0.717) is 24.4 Å². The van der Waals surface area contributed by atoms with Crippen molar-refractivity contribution in [3.8, 4) is 0 Å². The van der Waals surface area contributed by atoms with E-state index in [9.17, 15) is 9.59 Å². The van der Waals surface area contributed by atoms with Crippen LogP contribution in [0.5, 0.6) is 0 Å². The van der Waals surface area contributed by atoms with E-state index in [0.717, 1.165) is 31.4 Å². The third kappa shape index (κ3) is 5.66. The van der Waals surface area contributed by atoms with E-state index in [1.54, 1.807) is 0 Å². The lowest BCUT2D eigenvalue weighted by Crippen LogP contribution is -2.32. The second kappa shape index (κ2) is 8.86. The van der Waals surface area contributed by atoms with E-state index in [1.807, 2.05) is 29.2 Å². The monoisotopic (exact) mass is 330 g/mol. The van der Waals surface area contributed by atoms with Crippen LogP contribution >= 0.6 is 0 Å². The normalized spacial score (nSPS) is 15.8. The number of hydrogen-bond donors (Lipinski definition) is 1. The van der Waals surface area contributed by atoms with Crippen molar-refractivity contribution in [1.82, 2.24) is 10.2 Å². The Balaban J connectivity index is 1.81. The van der Waals surface area contributed by atoms with Crippen LogP contribution in [0.25, 0.3) is 0 Å². The van der Waals surface area contributed by atoms with Crippen LogP contribution in [0.2, 0.25) is 0 Å². The van der Waals surface area contributed by atoms with Gasteiger partial charge in [0.25, 0.3) is 5.91 Å². The lowest BCUT2D eigenvalue weighted by molar-refractivity contribution is -0.128. The van der Waals surface area contributed by atoms with Crippen LogP contribution in [0.4, 0.5) is 0 Å². The molecule has 1 unspecified atom stereocenters. The van der Waals surface area contributed by atoms with Gasteiger partial charge in [-0.25, -0.2) is 0 Å². The third-order valence-corrected chi connectivity index (χ3v) is 4.56. The first-order chi connectivity index (χ1) is 11.5. The molecule has 24 heavy (non-hydrogen) atoms. The molecule has 0 aromatic heterocycles. The Labute approximate surface area is 145 Å². The Hall–Kier alpha value is -1.84. The van der Waals surface area contributed by atoms with Crippen molar-refractivity contribution in [3.63, 3.8) is 0 Å². The molecule has 4 nitrogen and oxygen atoms in total. The molecule has 2 amide bonds. The zero-order chi connectivity index (χ0) is 17.5. The van der Waals surface area contributed by atoms with Crippen molar-refractivity contribution >= 4 is 11.8 Å². The summed E-state index contributed by atoms with van der Waals surface area (Å²) in [4.78, 5) is 25.8. The number of nitrogens with one attached hydrogen (secondary N) is 1. The standard InChI is InChI=1S/C20H30N2O2/c1-15(2)6-4-7-16(3)21-20(24)18-11-9-17(10-12-18)14-22-13-5-8-19(22)23/h9-12,15-16H,4-8,13-14H2,1-3H3,(H,21,24). The maximum Gasteiger partial charge on any atom is 0.251 e. The Morgan fingerprint density at radius 1 is 1.17 bits per heavy atom.